The van der Waals surface area contributed by atoms with E-state index in [-0.39, 0.29) is 5.54 Å². The molecule has 0 saturated carbocycles. The van der Waals surface area contributed by atoms with Crippen LogP contribution in [0.15, 0.2) is 29.8 Å². The first-order chi connectivity index (χ1) is 9.33. The molecule has 0 radical (unpaired) electrons. The van der Waals surface area contributed by atoms with E-state index >= 15 is 0 Å². The maximum absolute atomic E-state index is 5.70. The summed E-state index contributed by atoms with van der Waals surface area (Å²) in [6, 6.07) is 8.23. The van der Waals surface area contributed by atoms with Crippen LogP contribution in [-0.2, 0) is 0 Å². The van der Waals surface area contributed by atoms with Gasteiger partial charge in [0.1, 0.15) is 5.75 Å². The highest BCUT2D eigenvalue weighted by atomic mass is 16.5. The third kappa shape index (κ3) is 5.79. The average molecular weight is 275 g/mol. The second kappa shape index (κ2) is 7.49. The molecule has 0 bridgehead atoms. The zero-order chi connectivity index (χ0) is 15.2. The number of benzene rings is 1. The van der Waals surface area contributed by atoms with E-state index in [9.17, 15) is 0 Å². The van der Waals surface area contributed by atoms with Crippen LogP contribution in [0.1, 0.15) is 47.1 Å². The molecule has 0 heterocycles. The topological polar surface area (TPSA) is 21.3 Å². The summed E-state index contributed by atoms with van der Waals surface area (Å²) in [5, 5.41) is 3.57. The van der Waals surface area contributed by atoms with Crippen LogP contribution >= 0.6 is 0 Å². The molecule has 2 nitrogen and oxygen atoms in total. The van der Waals surface area contributed by atoms with Crippen LogP contribution in [0.5, 0.6) is 5.75 Å². The largest absolute Gasteiger partial charge is 0.493 e. The quantitative estimate of drug-likeness (QED) is 0.824. The fourth-order valence-electron chi connectivity index (χ4n) is 1.88. The minimum atomic E-state index is 0.132. The predicted octanol–water partition coefficient (Wildman–Crippen LogP) is 4.51. The number of para-hydroxylation sites is 1. The van der Waals surface area contributed by atoms with Gasteiger partial charge >= 0.3 is 0 Å². The van der Waals surface area contributed by atoms with Gasteiger partial charge in [0.15, 0.2) is 0 Å². The first-order valence-corrected chi connectivity index (χ1v) is 7.51. The van der Waals surface area contributed by atoms with Gasteiger partial charge in [-0.05, 0) is 39.7 Å². The summed E-state index contributed by atoms with van der Waals surface area (Å²) in [6.07, 6.45) is 2.26. The summed E-state index contributed by atoms with van der Waals surface area (Å²) in [5.41, 5.74) is 2.69. The Hall–Kier alpha value is -1.28. The Bertz CT molecular complexity index is 441. The van der Waals surface area contributed by atoms with Crippen LogP contribution < -0.4 is 10.1 Å². The highest BCUT2D eigenvalue weighted by Gasteiger charge is 2.12. The lowest BCUT2D eigenvalue weighted by Crippen LogP contribution is -2.37. The average Bonchev–Trinajstić information content (AvgIpc) is 2.35. The maximum Gasteiger partial charge on any atom is 0.126 e. The van der Waals surface area contributed by atoms with Gasteiger partial charge in [-0.1, -0.05) is 43.7 Å². The molecule has 0 atom stereocenters. The third-order valence-corrected chi connectivity index (χ3v) is 3.12. The molecule has 0 aliphatic rings. The molecule has 1 aromatic rings. The van der Waals surface area contributed by atoms with Crippen LogP contribution in [0, 0.1) is 5.92 Å². The van der Waals surface area contributed by atoms with E-state index < -0.39 is 0 Å². The summed E-state index contributed by atoms with van der Waals surface area (Å²) in [4.78, 5) is 0. The molecule has 0 fully saturated rings. The molecule has 2 heteroatoms. The van der Waals surface area contributed by atoms with E-state index in [0.29, 0.717) is 12.5 Å². The van der Waals surface area contributed by atoms with Gasteiger partial charge in [-0.2, -0.15) is 0 Å². The van der Waals surface area contributed by atoms with Gasteiger partial charge in [-0.15, -0.1) is 0 Å². The highest BCUT2D eigenvalue weighted by molar-refractivity contribution is 5.60. The number of rotatable bonds is 6. The lowest BCUT2D eigenvalue weighted by atomic mass is 9.98. The van der Waals surface area contributed by atoms with Gasteiger partial charge in [0.2, 0.25) is 0 Å². The molecule has 112 valence electrons. The summed E-state index contributed by atoms with van der Waals surface area (Å²) in [6.45, 7) is 14.7. The van der Waals surface area contributed by atoms with Crippen molar-refractivity contribution in [2.75, 3.05) is 13.2 Å². The highest BCUT2D eigenvalue weighted by Crippen LogP contribution is 2.23. The van der Waals surface area contributed by atoms with Crippen molar-refractivity contribution in [1.82, 2.24) is 5.32 Å². The molecule has 0 unspecified atom stereocenters. The number of nitrogens with one attached hydrogen (secondary N) is 1. The summed E-state index contributed by atoms with van der Waals surface area (Å²) in [5.74, 6) is 1.48. The second-order valence-electron chi connectivity index (χ2n) is 6.45. The number of ether oxygens (including phenoxy) is 1. The lowest BCUT2D eigenvalue weighted by Gasteiger charge is -2.23. The van der Waals surface area contributed by atoms with Crippen molar-refractivity contribution in [1.29, 1.82) is 0 Å². The standard InChI is InChI=1S/C18H29NO/c1-7-20-17-11-9-8-10-15(17)12-16(14(2)3)13-19-18(4,5)6/h8-12,14,19H,7,13H2,1-6H3. The molecule has 1 N–H and O–H groups in total. The van der Waals surface area contributed by atoms with Gasteiger partial charge in [-0.25, -0.2) is 0 Å². The van der Waals surface area contributed by atoms with E-state index in [1.165, 1.54) is 5.57 Å². The third-order valence-electron chi connectivity index (χ3n) is 3.12. The van der Waals surface area contributed by atoms with E-state index in [4.69, 9.17) is 4.74 Å². The molecule has 0 amide bonds. The molecule has 1 rings (SSSR count). The minimum Gasteiger partial charge on any atom is -0.493 e. The van der Waals surface area contributed by atoms with Gasteiger partial charge in [0, 0.05) is 17.6 Å². The molecule has 0 aliphatic carbocycles. The zero-order valence-electron chi connectivity index (χ0n) is 13.8. The predicted molar refractivity (Wildman–Crippen MR) is 88.2 cm³/mol. The zero-order valence-corrected chi connectivity index (χ0v) is 13.8. The van der Waals surface area contributed by atoms with E-state index in [2.05, 4.69) is 58.1 Å². The van der Waals surface area contributed by atoms with Crippen LogP contribution in [0.25, 0.3) is 6.08 Å². The minimum absolute atomic E-state index is 0.132. The van der Waals surface area contributed by atoms with Crippen LogP contribution in [0.3, 0.4) is 0 Å². The Kier molecular flexibility index (Phi) is 6.28. The first-order valence-electron chi connectivity index (χ1n) is 7.51. The lowest BCUT2D eigenvalue weighted by molar-refractivity contribution is 0.339. The van der Waals surface area contributed by atoms with E-state index in [1.807, 2.05) is 19.1 Å². The maximum atomic E-state index is 5.70. The fourth-order valence-corrected chi connectivity index (χ4v) is 1.88. The molecule has 0 aromatic heterocycles. The molecule has 0 spiro atoms. The molecule has 20 heavy (non-hydrogen) atoms. The van der Waals surface area contributed by atoms with Gasteiger partial charge in [-0.3, -0.25) is 0 Å². The number of hydrogen-bond donors (Lipinski definition) is 1. The van der Waals surface area contributed by atoms with Gasteiger partial charge in [0.25, 0.3) is 0 Å². The van der Waals surface area contributed by atoms with Crippen LogP contribution in [0.4, 0.5) is 0 Å². The second-order valence-corrected chi connectivity index (χ2v) is 6.45. The Morgan fingerprint density at radius 3 is 2.45 bits per heavy atom. The van der Waals surface area contributed by atoms with Crippen molar-refractivity contribution >= 4 is 6.08 Å². The van der Waals surface area contributed by atoms with Gasteiger partial charge < -0.3 is 10.1 Å². The smallest absolute Gasteiger partial charge is 0.126 e. The normalized spacial score (nSPS) is 12.8. The van der Waals surface area contributed by atoms with Crippen molar-refractivity contribution in [2.24, 2.45) is 5.92 Å². The van der Waals surface area contributed by atoms with Crippen molar-refractivity contribution in [3.05, 3.63) is 35.4 Å². The van der Waals surface area contributed by atoms with Crippen LogP contribution in [-0.4, -0.2) is 18.7 Å². The fraction of sp³-hybridized carbons (Fsp3) is 0.556. The Morgan fingerprint density at radius 2 is 1.90 bits per heavy atom. The first kappa shape index (κ1) is 16.8. The molecule has 0 saturated heterocycles. The van der Waals surface area contributed by atoms with Crippen molar-refractivity contribution in [2.45, 2.75) is 47.1 Å². The SMILES string of the molecule is CCOc1ccccc1C=C(CNC(C)(C)C)C(C)C. The Morgan fingerprint density at radius 1 is 1.25 bits per heavy atom. The molecule has 1 aromatic carbocycles. The number of hydrogen-bond acceptors (Lipinski definition) is 2. The Balaban J connectivity index is 2.96. The molecular formula is C18H29NO. The molecule has 0 aliphatic heterocycles. The van der Waals surface area contributed by atoms with Crippen molar-refractivity contribution in [3.63, 3.8) is 0 Å². The summed E-state index contributed by atoms with van der Waals surface area (Å²) < 4.78 is 5.70. The van der Waals surface area contributed by atoms with E-state index in [0.717, 1.165) is 17.9 Å². The van der Waals surface area contributed by atoms with Gasteiger partial charge in [0.05, 0.1) is 6.61 Å². The van der Waals surface area contributed by atoms with Crippen molar-refractivity contribution in [3.8, 4) is 5.75 Å². The van der Waals surface area contributed by atoms with E-state index in [1.54, 1.807) is 0 Å². The van der Waals surface area contributed by atoms with Crippen LogP contribution in [0.2, 0.25) is 0 Å². The molecular weight excluding hydrogens is 246 g/mol. The Labute approximate surface area is 124 Å². The van der Waals surface area contributed by atoms with Crippen molar-refractivity contribution < 1.29 is 4.74 Å². The monoisotopic (exact) mass is 275 g/mol. The summed E-state index contributed by atoms with van der Waals surface area (Å²) >= 11 is 0. The summed E-state index contributed by atoms with van der Waals surface area (Å²) in [7, 11) is 0.